The molecule has 0 unspecified atom stereocenters. The Hall–Kier alpha value is -3.16. The van der Waals surface area contributed by atoms with Crippen molar-refractivity contribution in [2.75, 3.05) is 29.6 Å². The second kappa shape index (κ2) is 7.76. The first-order chi connectivity index (χ1) is 15.5. The van der Waals surface area contributed by atoms with Crippen molar-refractivity contribution in [3.8, 4) is 5.75 Å². The lowest BCUT2D eigenvalue weighted by Crippen LogP contribution is -2.44. The molecule has 2 amide bonds. The Morgan fingerprint density at radius 1 is 1.22 bits per heavy atom. The van der Waals surface area contributed by atoms with Crippen molar-refractivity contribution in [1.29, 1.82) is 0 Å². The lowest BCUT2D eigenvalue weighted by molar-refractivity contribution is -0.146. The fraction of sp³-hybridized carbons (Fsp3) is 0.360. The summed E-state index contributed by atoms with van der Waals surface area (Å²) in [5.74, 6) is 0.262. The molecule has 1 fully saturated rings. The number of hydrogen-bond donors (Lipinski definition) is 1. The number of hydrogen-bond acceptors (Lipinski definition) is 5. The van der Waals surface area contributed by atoms with Crippen LogP contribution < -0.4 is 14.5 Å². The molecule has 2 aromatic rings. The summed E-state index contributed by atoms with van der Waals surface area (Å²) in [5.41, 5.74) is 1.72. The fourth-order valence-corrected chi connectivity index (χ4v) is 5.22. The number of anilines is 3. The molecule has 32 heavy (non-hydrogen) atoms. The number of aliphatic hydroxyl groups is 1. The minimum atomic E-state index is -1.14. The van der Waals surface area contributed by atoms with E-state index in [2.05, 4.69) is 6.58 Å². The highest BCUT2D eigenvalue weighted by molar-refractivity contribution is 6.09. The van der Waals surface area contributed by atoms with Gasteiger partial charge >= 0.3 is 0 Å². The Morgan fingerprint density at radius 2 is 2.03 bits per heavy atom. The summed E-state index contributed by atoms with van der Waals surface area (Å²) >= 11 is 0. The van der Waals surface area contributed by atoms with Crippen LogP contribution in [0.2, 0.25) is 0 Å². The number of carbonyl (C=O) groups excluding carboxylic acids is 2. The van der Waals surface area contributed by atoms with Crippen molar-refractivity contribution in [2.24, 2.45) is 5.92 Å². The van der Waals surface area contributed by atoms with E-state index in [1.54, 1.807) is 15.9 Å². The van der Waals surface area contributed by atoms with Crippen LogP contribution in [0.3, 0.4) is 0 Å². The smallest absolute Gasteiger partial charge is 0.269 e. The first kappa shape index (κ1) is 20.7. The first-order valence-electron chi connectivity index (χ1n) is 10.9. The van der Waals surface area contributed by atoms with Gasteiger partial charge in [-0.15, -0.1) is 6.58 Å². The van der Waals surface area contributed by atoms with E-state index in [-0.39, 0.29) is 37.0 Å². The highest BCUT2D eigenvalue weighted by atomic mass is 16.5. The number of nitrogens with zero attached hydrogens (tertiary/aromatic N) is 2. The van der Waals surface area contributed by atoms with Gasteiger partial charge in [0.25, 0.3) is 11.8 Å². The molecule has 166 valence electrons. The number of carbonyl (C=O) groups is 2. The maximum absolute atomic E-state index is 13.7. The molecule has 3 aliphatic heterocycles. The Labute approximate surface area is 186 Å². The molecule has 3 atom stereocenters. The maximum Gasteiger partial charge on any atom is 0.269 e. The third-order valence-electron chi connectivity index (χ3n) is 6.62. The van der Waals surface area contributed by atoms with E-state index in [0.717, 1.165) is 11.3 Å². The molecule has 0 aliphatic carbocycles. The van der Waals surface area contributed by atoms with E-state index in [1.165, 1.54) is 0 Å². The molecular formula is C25H26N2O5. The summed E-state index contributed by atoms with van der Waals surface area (Å²) in [6, 6.07) is 13.0. The molecule has 3 aliphatic rings. The zero-order valence-corrected chi connectivity index (χ0v) is 18.0. The largest absolute Gasteiger partial charge is 0.482 e. The predicted octanol–water partition coefficient (Wildman–Crippen LogP) is 3.28. The molecule has 0 radical (unpaired) electrons. The normalized spacial score (nSPS) is 26.3. The summed E-state index contributed by atoms with van der Waals surface area (Å²) in [6.45, 7) is 6.14. The average molecular weight is 434 g/mol. The molecular weight excluding hydrogens is 408 g/mol. The van der Waals surface area contributed by atoms with Gasteiger partial charge in [0.05, 0.1) is 17.5 Å². The van der Waals surface area contributed by atoms with E-state index < -0.39 is 5.60 Å². The summed E-state index contributed by atoms with van der Waals surface area (Å²) in [5, 5.41) is 9.43. The van der Waals surface area contributed by atoms with Gasteiger partial charge < -0.3 is 19.5 Å². The zero-order valence-electron chi connectivity index (χ0n) is 18.0. The van der Waals surface area contributed by atoms with Crippen molar-refractivity contribution in [3.05, 3.63) is 60.7 Å². The van der Waals surface area contributed by atoms with Gasteiger partial charge in [0.1, 0.15) is 5.75 Å². The van der Waals surface area contributed by atoms with Gasteiger partial charge in [0.15, 0.2) is 12.2 Å². The summed E-state index contributed by atoms with van der Waals surface area (Å²) in [6.07, 6.45) is 2.65. The van der Waals surface area contributed by atoms with Crippen LogP contribution in [0.15, 0.2) is 55.1 Å². The molecule has 0 aromatic heterocycles. The topological polar surface area (TPSA) is 79.3 Å². The van der Waals surface area contributed by atoms with Crippen LogP contribution >= 0.6 is 0 Å². The number of amides is 2. The molecule has 1 N–H and O–H groups in total. The third kappa shape index (κ3) is 2.88. The van der Waals surface area contributed by atoms with Crippen LogP contribution in [0.4, 0.5) is 17.1 Å². The predicted molar refractivity (Wildman–Crippen MR) is 120 cm³/mol. The fourth-order valence-electron chi connectivity index (χ4n) is 5.22. The highest BCUT2D eigenvalue weighted by Crippen LogP contribution is 2.54. The number of para-hydroxylation sites is 2. The molecule has 1 saturated heterocycles. The van der Waals surface area contributed by atoms with Crippen LogP contribution in [0.1, 0.15) is 25.3 Å². The second-order valence-electron chi connectivity index (χ2n) is 8.52. The monoisotopic (exact) mass is 434 g/mol. The van der Waals surface area contributed by atoms with Crippen molar-refractivity contribution < 1.29 is 24.2 Å². The average Bonchev–Trinajstić information content (AvgIpc) is 3.24. The Kier molecular flexibility index (Phi) is 5.03. The highest BCUT2D eigenvalue weighted by Gasteiger charge is 2.60. The van der Waals surface area contributed by atoms with Crippen molar-refractivity contribution >= 4 is 28.9 Å². The van der Waals surface area contributed by atoms with E-state index >= 15 is 0 Å². The molecule has 3 heterocycles. The van der Waals surface area contributed by atoms with E-state index in [4.69, 9.17) is 9.47 Å². The Morgan fingerprint density at radius 3 is 2.81 bits per heavy atom. The van der Waals surface area contributed by atoms with Gasteiger partial charge in [-0.05, 0) is 43.2 Å². The van der Waals surface area contributed by atoms with E-state index in [1.807, 2.05) is 49.4 Å². The van der Waals surface area contributed by atoms with Gasteiger partial charge in [0.2, 0.25) is 0 Å². The van der Waals surface area contributed by atoms with Crippen molar-refractivity contribution in [1.82, 2.24) is 0 Å². The van der Waals surface area contributed by atoms with Crippen LogP contribution in [0.25, 0.3) is 0 Å². The molecule has 0 bridgehead atoms. The summed E-state index contributed by atoms with van der Waals surface area (Å²) < 4.78 is 12.0. The number of rotatable bonds is 5. The van der Waals surface area contributed by atoms with E-state index in [0.29, 0.717) is 36.5 Å². The van der Waals surface area contributed by atoms with Crippen LogP contribution in [0.5, 0.6) is 5.75 Å². The molecule has 2 aromatic carbocycles. The van der Waals surface area contributed by atoms with Crippen molar-refractivity contribution in [2.45, 2.75) is 31.5 Å². The van der Waals surface area contributed by atoms with Crippen LogP contribution in [-0.4, -0.2) is 42.8 Å². The van der Waals surface area contributed by atoms with Gasteiger partial charge in [-0.25, -0.2) is 0 Å². The molecule has 0 saturated carbocycles. The summed E-state index contributed by atoms with van der Waals surface area (Å²) in [4.78, 5) is 29.9. The Bertz CT molecular complexity index is 1100. The summed E-state index contributed by atoms with van der Waals surface area (Å²) in [7, 11) is 0. The molecule has 7 nitrogen and oxygen atoms in total. The zero-order chi connectivity index (χ0) is 22.5. The second-order valence-corrected chi connectivity index (χ2v) is 8.52. The lowest BCUT2D eigenvalue weighted by Gasteiger charge is -2.31. The Balaban J connectivity index is 1.65. The third-order valence-corrected chi connectivity index (χ3v) is 6.62. The van der Waals surface area contributed by atoms with Gasteiger partial charge in [-0.1, -0.05) is 25.1 Å². The quantitative estimate of drug-likeness (QED) is 0.731. The molecule has 7 heteroatoms. The standard InChI is InChI=1S/C25H26N2O5/c1-3-11-26-20-9-8-17(27-21-6-4-5-7-22(21)31-15-23(27)29)14-19(20)25(24(26)30)16(2)13-18(32-25)10-12-28/h3-9,14,16,18,28H,1,10-13,15H2,2H3/t16-,18+,25+/m0/s1. The van der Waals surface area contributed by atoms with Crippen molar-refractivity contribution in [3.63, 3.8) is 0 Å². The SMILES string of the molecule is C=CCN1C(=O)[C@]2(O[C@H](CCO)C[C@@H]2C)c2cc(N3C(=O)COc4ccccc43)ccc21. The minimum absolute atomic E-state index is 0.00396. The van der Waals surface area contributed by atoms with E-state index in [9.17, 15) is 14.7 Å². The van der Waals surface area contributed by atoms with Crippen LogP contribution in [-0.2, 0) is 19.9 Å². The number of aliphatic hydroxyl groups excluding tert-OH is 1. The number of ether oxygens (including phenoxy) is 2. The number of benzene rings is 2. The van der Waals surface area contributed by atoms with Gasteiger partial charge in [0, 0.05) is 30.3 Å². The minimum Gasteiger partial charge on any atom is -0.482 e. The van der Waals surface area contributed by atoms with Gasteiger partial charge in [-0.3, -0.25) is 14.5 Å². The lowest BCUT2D eigenvalue weighted by atomic mass is 9.82. The maximum atomic E-state index is 13.7. The van der Waals surface area contributed by atoms with Crippen LogP contribution in [0, 0.1) is 5.92 Å². The van der Waals surface area contributed by atoms with Gasteiger partial charge in [-0.2, -0.15) is 0 Å². The molecule has 5 rings (SSSR count). The number of fused-ring (bicyclic) bond motifs is 3. The molecule has 1 spiro atoms. The first-order valence-corrected chi connectivity index (χ1v) is 10.9.